The van der Waals surface area contributed by atoms with Gasteiger partial charge < -0.3 is 5.11 Å². The molecule has 0 fully saturated rings. The highest BCUT2D eigenvalue weighted by Gasteiger charge is 2.31. The van der Waals surface area contributed by atoms with Crippen LogP contribution >= 0.6 is 11.3 Å². The highest BCUT2D eigenvalue weighted by Crippen LogP contribution is 2.34. The van der Waals surface area contributed by atoms with Crippen LogP contribution in [0.4, 0.5) is 13.2 Å². The summed E-state index contributed by atoms with van der Waals surface area (Å²) < 4.78 is 37.8. The van der Waals surface area contributed by atoms with Crippen LogP contribution in [0.15, 0.2) is 35.0 Å². The molecule has 6 heteroatoms. The Morgan fingerprint density at radius 2 is 1.94 bits per heavy atom. The van der Waals surface area contributed by atoms with E-state index in [-0.39, 0.29) is 11.1 Å². The van der Waals surface area contributed by atoms with Crippen molar-refractivity contribution in [1.29, 1.82) is 0 Å². The molecule has 2 rings (SSSR count). The summed E-state index contributed by atoms with van der Waals surface area (Å²) in [6.07, 6.45) is -4.48. The number of hydrogen-bond acceptors (Lipinski definition) is 2. The van der Waals surface area contributed by atoms with Gasteiger partial charge in [-0.15, -0.1) is 0 Å². The van der Waals surface area contributed by atoms with Crippen LogP contribution < -0.4 is 0 Å². The first kappa shape index (κ1) is 12.6. The average molecular weight is 272 g/mol. The van der Waals surface area contributed by atoms with E-state index in [1.807, 2.05) is 0 Å². The predicted octanol–water partition coefficient (Wildman–Crippen LogP) is 4.13. The summed E-state index contributed by atoms with van der Waals surface area (Å²) in [7, 11) is 0. The third-order valence-electron chi connectivity index (χ3n) is 2.41. The zero-order valence-corrected chi connectivity index (χ0v) is 9.68. The van der Waals surface area contributed by atoms with Crippen molar-refractivity contribution in [2.45, 2.75) is 6.18 Å². The molecule has 0 bridgehead atoms. The summed E-state index contributed by atoms with van der Waals surface area (Å²) >= 11 is 1.29. The smallest absolute Gasteiger partial charge is 0.416 e. The normalized spacial score (nSPS) is 11.5. The Labute approximate surface area is 104 Å². The molecule has 0 atom stereocenters. The van der Waals surface area contributed by atoms with Gasteiger partial charge in [-0.3, -0.25) is 0 Å². The van der Waals surface area contributed by atoms with Gasteiger partial charge >= 0.3 is 12.1 Å². The van der Waals surface area contributed by atoms with Crippen molar-refractivity contribution in [3.8, 4) is 11.1 Å². The zero-order valence-electron chi connectivity index (χ0n) is 8.86. The SMILES string of the molecule is O=C(O)c1ccc(C(F)(F)F)cc1-c1ccsc1. The number of benzene rings is 1. The molecule has 0 aliphatic carbocycles. The van der Waals surface area contributed by atoms with Crippen molar-refractivity contribution in [2.75, 3.05) is 0 Å². The molecule has 0 aliphatic heterocycles. The van der Waals surface area contributed by atoms with Crippen LogP contribution in [-0.4, -0.2) is 11.1 Å². The number of rotatable bonds is 2. The van der Waals surface area contributed by atoms with Crippen molar-refractivity contribution < 1.29 is 23.1 Å². The van der Waals surface area contributed by atoms with Crippen molar-refractivity contribution in [1.82, 2.24) is 0 Å². The minimum absolute atomic E-state index is 0.0820. The molecule has 0 saturated carbocycles. The van der Waals surface area contributed by atoms with E-state index in [2.05, 4.69) is 0 Å². The van der Waals surface area contributed by atoms with Crippen molar-refractivity contribution >= 4 is 17.3 Å². The molecule has 94 valence electrons. The van der Waals surface area contributed by atoms with Crippen LogP contribution in [0.2, 0.25) is 0 Å². The molecule has 0 saturated heterocycles. The third-order valence-corrected chi connectivity index (χ3v) is 3.09. The molecule has 1 N–H and O–H groups in total. The maximum atomic E-state index is 12.6. The Balaban J connectivity index is 2.63. The Hall–Kier alpha value is -1.82. The molecule has 0 aliphatic rings. The molecular weight excluding hydrogens is 265 g/mol. The quantitative estimate of drug-likeness (QED) is 0.892. The number of hydrogen-bond donors (Lipinski definition) is 1. The van der Waals surface area contributed by atoms with Gasteiger partial charge in [0.25, 0.3) is 0 Å². The maximum absolute atomic E-state index is 12.6. The molecule has 1 aromatic carbocycles. The fraction of sp³-hybridized carbons (Fsp3) is 0.0833. The molecule has 0 radical (unpaired) electrons. The highest BCUT2D eigenvalue weighted by molar-refractivity contribution is 7.08. The molecule has 2 nitrogen and oxygen atoms in total. The van der Waals surface area contributed by atoms with Gasteiger partial charge in [0.2, 0.25) is 0 Å². The van der Waals surface area contributed by atoms with Crippen LogP contribution in [0.3, 0.4) is 0 Å². The molecular formula is C12H7F3O2S. The van der Waals surface area contributed by atoms with E-state index in [1.54, 1.807) is 16.8 Å². The first-order valence-electron chi connectivity index (χ1n) is 4.86. The van der Waals surface area contributed by atoms with Crippen molar-refractivity contribution in [3.63, 3.8) is 0 Å². The summed E-state index contributed by atoms with van der Waals surface area (Å²) in [6.45, 7) is 0. The molecule has 18 heavy (non-hydrogen) atoms. The number of carboxylic acid groups (broad SMARTS) is 1. The van der Waals surface area contributed by atoms with Crippen LogP contribution in [-0.2, 0) is 6.18 Å². The highest BCUT2D eigenvalue weighted by atomic mass is 32.1. The summed E-state index contributed by atoms with van der Waals surface area (Å²) in [5.74, 6) is -1.25. The van der Waals surface area contributed by atoms with E-state index in [0.717, 1.165) is 18.2 Å². The Bertz CT molecular complexity index is 574. The lowest BCUT2D eigenvalue weighted by molar-refractivity contribution is -0.137. The van der Waals surface area contributed by atoms with Crippen molar-refractivity contribution in [2.24, 2.45) is 0 Å². The summed E-state index contributed by atoms with van der Waals surface area (Å²) in [6, 6.07) is 4.22. The topological polar surface area (TPSA) is 37.3 Å². The van der Waals surface area contributed by atoms with Gasteiger partial charge in [-0.1, -0.05) is 0 Å². The minimum Gasteiger partial charge on any atom is -0.478 e. The van der Waals surface area contributed by atoms with Crippen LogP contribution in [0.5, 0.6) is 0 Å². The number of thiophene rings is 1. The molecule has 0 amide bonds. The van der Waals surface area contributed by atoms with Gasteiger partial charge in [-0.05, 0) is 46.2 Å². The lowest BCUT2D eigenvalue weighted by Gasteiger charge is -2.10. The minimum atomic E-state index is -4.48. The first-order valence-corrected chi connectivity index (χ1v) is 5.81. The fourth-order valence-electron chi connectivity index (χ4n) is 1.56. The summed E-state index contributed by atoms with van der Waals surface area (Å²) in [4.78, 5) is 11.0. The average Bonchev–Trinajstić information content (AvgIpc) is 2.80. The van der Waals surface area contributed by atoms with Crippen LogP contribution in [0.25, 0.3) is 11.1 Å². The molecule has 2 aromatic rings. The Morgan fingerprint density at radius 1 is 1.22 bits per heavy atom. The number of alkyl halides is 3. The van der Waals surface area contributed by atoms with E-state index in [4.69, 9.17) is 5.11 Å². The van der Waals surface area contributed by atoms with Gasteiger partial charge in [0, 0.05) is 0 Å². The second kappa shape index (κ2) is 4.45. The summed E-state index contributed by atoms with van der Waals surface area (Å²) in [5.41, 5.74) is -0.433. The zero-order chi connectivity index (χ0) is 13.3. The predicted molar refractivity (Wildman–Crippen MR) is 61.7 cm³/mol. The number of halogens is 3. The number of aromatic carboxylic acids is 1. The second-order valence-electron chi connectivity index (χ2n) is 3.58. The largest absolute Gasteiger partial charge is 0.478 e. The standard InChI is InChI=1S/C12H7F3O2S/c13-12(14,15)8-1-2-9(11(16)17)10(5-8)7-3-4-18-6-7/h1-6H,(H,16,17). The summed E-state index contributed by atoms with van der Waals surface area (Å²) in [5, 5.41) is 12.3. The van der Waals surface area contributed by atoms with Crippen molar-refractivity contribution in [3.05, 3.63) is 46.2 Å². The Kier molecular flexibility index (Phi) is 3.13. The van der Waals surface area contributed by atoms with Crippen LogP contribution in [0.1, 0.15) is 15.9 Å². The van der Waals surface area contributed by atoms with Crippen LogP contribution in [0, 0.1) is 0 Å². The molecule has 1 heterocycles. The van der Waals surface area contributed by atoms with Gasteiger partial charge in [-0.25, -0.2) is 4.79 Å². The third kappa shape index (κ3) is 2.38. The van der Waals surface area contributed by atoms with E-state index in [1.165, 1.54) is 11.3 Å². The number of carboxylic acids is 1. The van der Waals surface area contributed by atoms with Gasteiger partial charge in [0.15, 0.2) is 0 Å². The van der Waals surface area contributed by atoms with Gasteiger partial charge in [0.1, 0.15) is 0 Å². The lowest BCUT2D eigenvalue weighted by Crippen LogP contribution is -2.07. The van der Waals surface area contributed by atoms with E-state index in [9.17, 15) is 18.0 Å². The van der Waals surface area contributed by atoms with E-state index in [0.29, 0.717) is 5.56 Å². The first-order chi connectivity index (χ1) is 8.39. The maximum Gasteiger partial charge on any atom is 0.416 e. The lowest BCUT2D eigenvalue weighted by atomic mass is 9.99. The Morgan fingerprint density at radius 3 is 2.44 bits per heavy atom. The second-order valence-corrected chi connectivity index (χ2v) is 4.36. The molecule has 1 aromatic heterocycles. The fourth-order valence-corrected chi connectivity index (χ4v) is 2.22. The van der Waals surface area contributed by atoms with Gasteiger partial charge in [-0.2, -0.15) is 24.5 Å². The van der Waals surface area contributed by atoms with E-state index < -0.39 is 17.7 Å². The van der Waals surface area contributed by atoms with Gasteiger partial charge in [0.05, 0.1) is 11.1 Å². The van der Waals surface area contributed by atoms with E-state index >= 15 is 0 Å². The molecule has 0 spiro atoms. The molecule has 0 unspecified atom stereocenters. The number of carbonyl (C=O) groups is 1. The monoisotopic (exact) mass is 272 g/mol.